The fraction of sp³-hybridized carbons (Fsp3) is 0.265. The molecule has 0 amide bonds. The Morgan fingerprint density at radius 3 is 1.37 bits per heavy atom. The van der Waals surface area contributed by atoms with Crippen molar-refractivity contribution >= 4 is 63.8 Å². The number of ketones is 1. The van der Waals surface area contributed by atoms with E-state index in [1.165, 1.54) is 21.3 Å². The number of methoxy groups -OCH3 is 6. The standard InChI is InChI=1S/C17H17ClO4.C10H14O3.C7H4Cl4/c1-10-9-13(20-2)16(21-3)17(22-4)14(10)15(19)11-5-7-12(18)8-6-11;1-7-5-8(11-2)10(13-4)9(6-7)12-3;8-6-3-1-5(2-4-6)7(9,10)11/h5-9H,1-4H3;5-6H,1-4H3;1-4H. The molecule has 0 radical (unpaired) electrons. The van der Waals surface area contributed by atoms with Crippen LogP contribution in [0, 0.1) is 13.8 Å². The second-order valence-corrected chi connectivity index (χ2v) is 12.5. The van der Waals surface area contributed by atoms with Crippen molar-refractivity contribution in [1.82, 2.24) is 0 Å². The minimum absolute atomic E-state index is 0.160. The Balaban J connectivity index is 0.000000261. The maximum atomic E-state index is 12.8. The van der Waals surface area contributed by atoms with Crippen molar-refractivity contribution in [2.45, 2.75) is 17.6 Å². The van der Waals surface area contributed by atoms with E-state index in [1.54, 1.807) is 75.9 Å². The Labute approximate surface area is 295 Å². The molecule has 7 nitrogen and oxygen atoms in total. The molecule has 248 valence electrons. The average Bonchev–Trinajstić information content (AvgIpc) is 3.03. The van der Waals surface area contributed by atoms with Crippen LogP contribution in [0.5, 0.6) is 34.5 Å². The summed E-state index contributed by atoms with van der Waals surface area (Å²) in [5.41, 5.74) is 3.41. The third-order valence-corrected chi connectivity index (χ3v) is 7.50. The van der Waals surface area contributed by atoms with Gasteiger partial charge in [-0.2, -0.15) is 0 Å². The Morgan fingerprint density at radius 1 is 0.565 bits per heavy atom. The molecule has 0 aliphatic rings. The molecule has 46 heavy (non-hydrogen) atoms. The fourth-order valence-electron chi connectivity index (χ4n) is 4.16. The Hall–Kier alpha value is -3.20. The lowest BCUT2D eigenvalue weighted by molar-refractivity contribution is 0.103. The predicted octanol–water partition coefficient (Wildman–Crippen LogP) is 10.1. The maximum absolute atomic E-state index is 12.8. The van der Waals surface area contributed by atoms with Crippen molar-refractivity contribution in [1.29, 1.82) is 0 Å². The van der Waals surface area contributed by atoms with Crippen LogP contribution in [-0.4, -0.2) is 48.4 Å². The molecule has 0 N–H and O–H groups in total. The largest absolute Gasteiger partial charge is 0.493 e. The molecule has 0 heterocycles. The number of alkyl halides is 3. The molecule has 0 aromatic heterocycles. The van der Waals surface area contributed by atoms with Crippen LogP contribution in [0.3, 0.4) is 0 Å². The van der Waals surface area contributed by atoms with E-state index >= 15 is 0 Å². The second-order valence-electron chi connectivity index (χ2n) is 9.38. The molecule has 0 unspecified atom stereocenters. The van der Waals surface area contributed by atoms with Crippen LogP contribution in [0.2, 0.25) is 10.0 Å². The molecule has 12 heteroatoms. The molecule has 0 fully saturated rings. The molecule has 0 aliphatic carbocycles. The van der Waals surface area contributed by atoms with E-state index in [-0.39, 0.29) is 5.78 Å². The van der Waals surface area contributed by atoms with Gasteiger partial charge in [-0.3, -0.25) is 4.79 Å². The number of benzene rings is 4. The third kappa shape index (κ3) is 10.4. The lowest BCUT2D eigenvalue weighted by atomic mass is 9.97. The number of hydrogen-bond acceptors (Lipinski definition) is 7. The SMILES string of the molecule is COc1cc(C)c(C(=O)c2ccc(Cl)cc2)c(OC)c1OC.COc1cc(C)cc(OC)c1OC.Clc1ccc(C(Cl)(Cl)Cl)cc1. The van der Waals surface area contributed by atoms with Crippen molar-refractivity contribution in [2.24, 2.45) is 0 Å². The van der Waals surface area contributed by atoms with E-state index < -0.39 is 3.79 Å². The first-order valence-corrected chi connectivity index (χ1v) is 15.3. The molecule has 0 atom stereocenters. The number of aryl methyl sites for hydroxylation is 2. The highest BCUT2D eigenvalue weighted by molar-refractivity contribution is 6.66. The van der Waals surface area contributed by atoms with Crippen molar-refractivity contribution < 1.29 is 33.2 Å². The lowest BCUT2D eigenvalue weighted by Crippen LogP contribution is -2.08. The van der Waals surface area contributed by atoms with Crippen molar-refractivity contribution in [2.75, 3.05) is 42.7 Å². The van der Waals surface area contributed by atoms with E-state index in [9.17, 15) is 4.79 Å². The molecule has 4 aromatic carbocycles. The van der Waals surface area contributed by atoms with E-state index in [0.717, 1.165) is 11.1 Å². The van der Waals surface area contributed by atoms with Gasteiger partial charge in [0.1, 0.15) is 0 Å². The highest BCUT2D eigenvalue weighted by Gasteiger charge is 2.24. The quantitative estimate of drug-likeness (QED) is 0.132. The number of hydrogen-bond donors (Lipinski definition) is 0. The zero-order chi connectivity index (χ0) is 34.6. The van der Waals surface area contributed by atoms with E-state index in [2.05, 4.69) is 0 Å². The summed E-state index contributed by atoms with van der Waals surface area (Å²) in [6.07, 6.45) is 0. The first-order valence-electron chi connectivity index (χ1n) is 13.4. The van der Waals surface area contributed by atoms with Crippen LogP contribution in [0.4, 0.5) is 0 Å². The van der Waals surface area contributed by atoms with Gasteiger partial charge in [0.15, 0.2) is 28.8 Å². The molecule has 4 rings (SSSR count). The van der Waals surface area contributed by atoms with Crippen LogP contribution >= 0.6 is 58.0 Å². The van der Waals surface area contributed by atoms with E-state index in [1.807, 2.05) is 26.0 Å². The summed E-state index contributed by atoms with van der Waals surface area (Å²) >= 11 is 28.3. The van der Waals surface area contributed by atoms with Crippen LogP contribution in [-0.2, 0) is 3.79 Å². The first kappa shape index (κ1) is 39.0. The molecular formula is C34H35Cl5O7. The minimum Gasteiger partial charge on any atom is -0.493 e. The van der Waals surface area contributed by atoms with Crippen LogP contribution < -0.4 is 28.4 Å². The second kappa shape index (κ2) is 18.2. The maximum Gasteiger partial charge on any atom is 0.216 e. The average molecular weight is 733 g/mol. The fourth-order valence-corrected chi connectivity index (χ4v) is 4.79. The Bertz CT molecular complexity index is 1560. The van der Waals surface area contributed by atoms with Crippen LogP contribution in [0.1, 0.15) is 32.6 Å². The summed E-state index contributed by atoms with van der Waals surface area (Å²) in [5.74, 6) is 3.14. The van der Waals surface area contributed by atoms with Gasteiger partial charge in [-0.05, 0) is 79.6 Å². The van der Waals surface area contributed by atoms with E-state index in [0.29, 0.717) is 61.2 Å². The highest BCUT2D eigenvalue weighted by Crippen LogP contribution is 2.43. The topological polar surface area (TPSA) is 72.5 Å². The molecule has 0 spiro atoms. The number of carbonyl (C=O) groups excluding carboxylic acids is 1. The molecular weight excluding hydrogens is 698 g/mol. The smallest absolute Gasteiger partial charge is 0.216 e. The number of carbonyl (C=O) groups is 1. The van der Waals surface area contributed by atoms with Crippen molar-refractivity contribution in [3.05, 3.63) is 105 Å². The van der Waals surface area contributed by atoms with Gasteiger partial charge in [0.05, 0.1) is 48.2 Å². The van der Waals surface area contributed by atoms with Crippen LogP contribution in [0.15, 0.2) is 66.7 Å². The normalized spacial score (nSPS) is 10.4. The number of ether oxygens (including phenoxy) is 6. The zero-order valence-electron chi connectivity index (χ0n) is 26.6. The highest BCUT2D eigenvalue weighted by atomic mass is 35.6. The molecule has 4 aromatic rings. The Morgan fingerprint density at radius 2 is 0.978 bits per heavy atom. The van der Waals surface area contributed by atoms with Gasteiger partial charge in [-0.15, -0.1) is 0 Å². The minimum atomic E-state index is -1.36. The van der Waals surface area contributed by atoms with Gasteiger partial charge >= 0.3 is 0 Å². The summed E-state index contributed by atoms with van der Waals surface area (Å²) in [4.78, 5) is 12.8. The number of rotatable bonds is 8. The molecule has 0 aliphatic heterocycles. The monoisotopic (exact) mass is 730 g/mol. The van der Waals surface area contributed by atoms with Gasteiger partial charge in [-0.1, -0.05) is 70.1 Å². The van der Waals surface area contributed by atoms with Gasteiger partial charge in [0.2, 0.25) is 15.3 Å². The van der Waals surface area contributed by atoms with Crippen LogP contribution in [0.25, 0.3) is 0 Å². The zero-order valence-corrected chi connectivity index (χ0v) is 30.4. The summed E-state index contributed by atoms with van der Waals surface area (Å²) in [6.45, 7) is 3.80. The predicted molar refractivity (Wildman–Crippen MR) is 187 cm³/mol. The van der Waals surface area contributed by atoms with Gasteiger partial charge in [0.25, 0.3) is 0 Å². The summed E-state index contributed by atoms with van der Waals surface area (Å²) in [6, 6.07) is 19.0. The lowest BCUT2D eigenvalue weighted by Gasteiger charge is -2.17. The van der Waals surface area contributed by atoms with Crippen molar-refractivity contribution in [3.63, 3.8) is 0 Å². The number of halogens is 5. The summed E-state index contributed by atoms with van der Waals surface area (Å²) in [5, 5.41) is 1.20. The van der Waals surface area contributed by atoms with Crippen molar-refractivity contribution in [3.8, 4) is 34.5 Å². The van der Waals surface area contributed by atoms with E-state index in [4.69, 9.17) is 86.4 Å². The first-order chi connectivity index (χ1) is 21.7. The van der Waals surface area contributed by atoms with Gasteiger partial charge < -0.3 is 28.4 Å². The molecule has 0 saturated carbocycles. The Kier molecular flexibility index (Phi) is 15.4. The summed E-state index contributed by atoms with van der Waals surface area (Å²) < 4.78 is 30.1. The van der Waals surface area contributed by atoms with Gasteiger partial charge in [-0.25, -0.2) is 0 Å². The van der Waals surface area contributed by atoms with Gasteiger partial charge in [0, 0.05) is 21.2 Å². The molecule has 0 saturated heterocycles. The molecule has 0 bridgehead atoms. The summed E-state index contributed by atoms with van der Waals surface area (Å²) in [7, 11) is 9.35. The third-order valence-electron chi connectivity index (χ3n) is 6.34.